The zero-order valence-corrected chi connectivity index (χ0v) is 17.1. The van der Waals surface area contributed by atoms with Gasteiger partial charge >= 0.3 is 0 Å². The summed E-state index contributed by atoms with van der Waals surface area (Å²) in [4.78, 5) is 22.8. The molecule has 0 saturated heterocycles. The molecular formula is C21H21ClN4O4. The van der Waals surface area contributed by atoms with Crippen LogP contribution >= 0.6 is 11.6 Å². The minimum atomic E-state index is -0.425. The van der Waals surface area contributed by atoms with Crippen molar-refractivity contribution in [2.45, 2.75) is 26.5 Å². The fraction of sp³-hybridized carbons (Fsp3) is 0.238. The maximum Gasteiger partial charge on any atom is 0.272 e. The van der Waals surface area contributed by atoms with E-state index >= 15 is 0 Å². The Balaban J connectivity index is 1.50. The molecule has 3 aromatic rings. The van der Waals surface area contributed by atoms with Crippen LogP contribution in [0.3, 0.4) is 0 Å². The van der Waals surface area contributed by atoms with E-state index in [1.807, 2.05) is 6.07 Å². The van der Waals surface area contributed by atoms with E-state index in [-0.39, 0.29) is 18.2 Å². The Morgan fingerprint density at radius 1 is 1.30 bits per heavy atom. The first-order valence-electron chi connectivity index (χ1n) is 9.35. The number of hydrogen-bond donors (Lipinski definition) is 1. The van der Waals surface area contributed by atoms with E-state index in [0.29, 0.717) is 35.0 Å². The zero-order chi connectivity index (χ0) is 21.5. The highest BCUT2D eigenvalue weighted by Crippen LogP contribution is 2.23. The summed E-state index contributed by atoms with van der Waals surface area (Å²) in [7, 11) is 0. The second-order valence-electron chi connectivity index (χ2n) is 6.73. The van der Waals surface area contributed by atoms with Crippen molar-refractivity contribution in [2.75, 3.05) is 6.54 Å². The predicted molar refractivity (Wildman–Crippen MR) is 113 cm³/mol. The van der Waals surface area contributed by atoms with E-state index in [1.54, 1.807) is 54.3 Å². The van der Waals surface area contributed by atoms with Crippen molar-refractivity contribution < 1.29 is 14.5 Å². The molecule has 156 valence electrons. The van der Waals surface area contributed by atoms with Crippen molar-refractivity contribution in [1.82, 2.24) is 15.1 Å². The molecule has 0 fully saturated rings. The Labute approximate surface area is 178 Å². The van der Waals surface area contributed by atoms with Gasteiger partial charge in [0.05, 0.1) is 16.1 Å². The summed E-state index contributed by atoms with van der Waals surface area (Å²) >= 11 is 5.82. The number of halogens is 1. The van der Waals surface area contributed by atoms with Crippen LogP contribution in [0, 0.1) is 17.0 Å². The molecule has 1 amide bonds. The summed E-state index contributed by atoms with van der Waals surface area (Å²) in [5.41, 5.74) is 1.95. The standard InChI is InChI=1S/C21H21ClN4O4/c1-15-10-19(6-7-20(15)26(28)29)30-14-16-4-2-5-17(11-16)21(27)23-8-3-9-25-13-18(22)12-24-25/h2,4-7,10-13H,3,8-9,14H2,1H3,(H,23,27). The number of aromatic nitrogens is 2. The average Bonchev–Trinajstić information content (AvgIpc) is 3.14. The average molecular weight is 429 g/mol. The predicted octanol–water partition coefficient (Wildman–Crippen LogP) is 4.15. The number of nitrogens with zero attached hydrogens (tertiary/aromatic N) is 3. The number of ether oxygens (including phenoxy) is 1. The highest BCUT2D eigenvalue weighted by molar-refractivity contribution is 6.30. The van der Waals surface area contributed by atoms with Gasteiger partial charge in [-0.25, -0.2) is 0 Å². The largest absolute Gasteiger partial charge is 0.489 e. The first kappa shape index (κ1) is 21.3. The van der Waals surface area contributed by atoms with Gasteiger partial charge in [0.1, 0.15) is 12.4 Å². The SMILES string of the molecule is Cc1cc(OCc2cccc(C(=O)NCCCn3cc(Cl)cn3)c2)ccc1[N+](=O)[O-]. The van der Waals surface area contributed by atoms with Gasteiger partial charge in [0.2, 0.25) is 0 Å². The number of carbonyl (C=O) groups is 1. The molecule has 1 N–H and O–H groups in total. The van der Waals surface area contributed by atoms with Crippen molar-refractivity contribution >= 4 is 23.2 Å². The fourth-order valence-electron chi connectivity index (χ4n) is 2.90. The first-order chi connectivity index (χ1) is 14.4. The van der Waals surface area contributed by atoms with Crippen LogP contribution in [0.15, 0.2) is 54.9 Å². The van der Waals surface area contributed by atoms with Crippen LogP contribution in [0.5, 0.6) is 5.75 Å². The molecule has 0 saturated carbocycles. The summed E-state index contributed by atoms with van der Waals surface area (Å²) in [6, 6.07) is 11.8. The highest BCUT2D eigenvalue weighted by atomic mass is 35.5. The summed E-state index contributed by atoms with van der Waals surface area (Å²) in [5, 5.41) is 18.5. The molecule has 1 aromatic heterocycles. The molecule has 8 nitrogen and oxygen atoms in total. The lowest BCUT2D eigenvalue weighted by molar-refractivity contribution is -0.385. The Morgan fingerprint density at radius 2 is 2.13 bits per heavy atom. The number of rotatable bonds is 9. The molecule has 1 heterocycles. The molecule has 0 aliphatic rings. The second kappa shape index (κ2) is 9.89. The minimum absolute atomic E-state index is 0.0525. The molecule has 30 heavy (non-hydrogen) atoms. The topological polar surface area (TPSA) is 99.3 Å². The summed E-state index contributed by atoms with van der Waals surface area (Å²) in [6.45, 7) is 3.09. The number of amides is 1. The van der Waals surface area contributed by atoms with Crippen LogP contribution in [0.1, 0.15) is 27.9 Å². The number of nitro benzene ring substituents is 1. The van der Waals surface area contributed by atoms with Crippen LogP contribution in [0.2, 0.25) is 5.02 Å². The molecule has 0 aliphatic heterocycles. The molecule has 0 atom stereocenters. The Kier molecular flexibility index (Phi) is 7.03. The van der Waals surface area contributed by atoms with Gasteiger partial charge in [-0.1, -0.05) is 23.7 Å². The van der Waals surface area contributed by atoms with Gasteiger partial charge in [-0.3, -0.25) is 19.6 Å². The van der Waals surface area contributed by atoms with Crippen molar-refractivity contribution in [2.24, 2.45) is 0 Å². The van der Waals surface area contributed by atoms with Gasteiger partial charge in [0, 0.05) is 36.5 Å². The van der Waals surface area contributed by atoms with Crippen LogP contribution in [-0.2, 0) is 13.2 Å². The van der Waals surface area contributed by atoms with Crippen LogP contribution in [-0.4, -0.2) is 27.2 Å². The summed E-state index contributed by atoms with van der Waals surface area (Å²) in [5.74, 6) is 0.369. The molecular weight excluding hydrogens is 408 g/mol. The van der Waals surface area contributed by atoms with Crippen LogP contribution in [0.25, 0.3) is 0 Å². The number of benzene rings is 2. The molecule has 2 aromatic carbocycles. The third kappa shape index (κ3) is 5.81. The van der Waals surface area contributed by atoms with E-state index in [9.17, 15) is 14.9 Å². The summed E-state index contributed by atoms with van der Waals surface area (Å²) < 4.78 is 7.45. The smallest absolute Gasteiger partial charge is 0.272 e. The van der Waals surface area contributed by atoms with Crippen molar-refractivity contribution in [3.63, 3.8) is 0 Å². The van der Waals surface area contributed by atoms with E-state index in [0.717, 1.165) is 12.0 Å². The van der Waals surface area contributed by atoms with Gasteiger partial charge in [0.15, 0.2) is 0 Å². The highest BCUT2D eigenvalue weighted by Gasteiger charge is 2.11. The van der Waals surface area contributed by atoms with Crippen molar-refractivity contribution in [3.05, 3.63) is 86.7 Å². The van der Waals surface area contributed by atoms with Gasteiger partial charge in [-0.15, -0.1) is 0 Å². The Hall–Kier alpha value is -3.39. The maximum absolute atomic E-state index is 12.4. The monoisotopic (exact) mass is 428 g/mol. The normalized spacial score (nSPS) is 10.6. The third-order valence-electron chi connectivity index (χ3n) is 4.41. The van der Waals surface area contributed by atoms with Crippen molar-refractivity contribution in [3.8, 4) is 5.75 Å². The quantitative estimate of drug-likeness (QED) is 0.313. The zero-order valence-electron chi connectivity index (χ0n) is 16.4. The fourth-order valence-corrected chi connectivity index (χ4v) is 3.05. The van der Waals surface area contributed by atoms with E-state index in [1.165, 1.54) is 6.07 Å². The first-order valence-corrected chi connectivity index (χ1v) is 9.73. The number of nitro groups is 1. The number of carbonyl (C=O) groups excluding carboxylic acids is 1. The molecule has 0 bridgehead atoms. The van der Waals surface area contributed by atoms with Crippen molar-refractivity contribution in [1.29, 1.82) is 0 Å². The summed E-state index contributed by atoms with van der Waals surface area (Å²) in [6.07, 6.45) is 4.04. The lowest BCUT2D eigenvalue weighted by Gasteiger charge is -2.09. The lowest BCUT2D eigenvalue weighted by Crippen LogP contribution is -2.25. The van der Waals surface area contributed by atoms with Gasteiger partial charge in [-0.05, 0) is 43.2 Å². The number of aryl methyl sites for hydroxylation is 2. The molecule has 0 unspecified atom stereocenters. The van der Waals surface area contributed by atoms with Gasteiger partial charge < -0.3 is 10.1 Å². The maximum atomic E-state index is 12.4. The number of nitrogens with one attached hydrogen (secondary N) is 1. The van der Waals surface area contributed by atoms with Crippen LogP contribution in [0.4, 0.5) is 5.69 Å². The second-order valence-corrected chi connectivity index (χ2v) is 7.16. The van der Waals surface area contributed by atoms with E-state index in [2.05, 4.69) is 10.4 Å². The van der Waals surface area contributed by atoms with Gasteiger partial charge in [0.25, 0.3) is 11.6 Å². The van der Waals surface area contributed by atoms with Gasteiger partial charge in [-0.2, -0.15) is 5.10 Å². The molecule has 0 radical (unpaired) electrons. The third-order valence-corrected chi connectivity index (χ3v) is 4.61. The molecule has 0 aliphatic carbocycles. The molecule has 9 heteroatoms. The van der Waals surface area contributed by atoms with E-state index in [4.69, 9.17) is 16.3 Å². The molecule has 0 spiro atoms. The van der Waals surface area contributed by atoms with Crippen LogP contribution < -0.4 is 10.1 Å². The number of hydrogen-bond acceptors (Lipinski definition) is 5. The minimum Gasteiger partial charge on any atom is -0.489 e. The molecule has 3 rings (SSSR count). The Morgan fingerprint density at radius 3 is 2.83 bits per heavy atom. The Bertz CT molecular complexity index is 1050. The van der Waals surface area contributed by atoms with E-state index < -0.39 is 4.92 Å². The lowest BCUT2D eigenvalue weighted by atomic mass is 10.1.